The van der Waals surface area contributed by atoms with E-state index in [2.05, 4.69) is 29.9 Å². The fourth-order valence-corrected chi connectivity index (χ4v) is 4.04. The Morgan fingerprint density at radius 1 is 1.20 bits per heavy atom. The third kappa shape index (κ3) is 2.91. The fourth-order valence-electron chi connectivity index (χ4n) is 3.45. The summed E-state index contributed by atoms with van der Waals surface area (Å²) < 4.78 is 4.03. The van der Waals surface area contributed by atoms with Gasteiger partial charge in [0.05, 0.1) is 5.52 Å². The van der Waals surface area contributed by atoms with Gasteiger partial charge in [0.15, 0.2) is 0 Å². The predicted molar refractivity (Wildman–Crippen MR) is 104 cm³/mol. The molecule has 4 nitrogen and oxygen atoms in total. The van der Waals surface area contributed by atoms with Crippen molar-refractivity contribution in [2.75, 3.05) is 6.26 Å². The van der Waals surface area contributed by atoms with E-state index in [9.17, 15) is 4.79 Å². The highest BCUT2D eigenvalue weighted by atomic mass is 32.2. The van der Waals surface area contributed by atoms with Crippen LogP contribution in [0, 0.1) is 19.8 Å². The summed E-state index contributed by atoms with van der Waals surface area (Å²) in [4.78, 5) is 18.0. The lowest BCUT2D eigenvalue weighted by Crippen LogP contribution is -2.18. The van der Waals surface area contributed by atoms with Gasteiger partial charge in [0.1, 0.15) is 11.3 Å². The lowest BCUT2D eigenvalue weighted by Gasteiger charge is -2.11. The number of thioether (sulfide) groups is 1. The van der Waals surface area contributed by atoms with Crippen LogP contribution in [0.15, 0.2) is 34.1 Å². The SMILES string of the molecule is CSc1cc(-c2cc(C)c(=O)n(C)c2)cc2c1nc(C)n2CC1CC1. The Morgan fingerprint density at radius 2 is 1.96 bits per heavy atom. The van der Waals surface area contributed by atoms with E-state index in [4.69, 9.17) is 4.98 Å². The van der Waals surface area contributed by atoms with E-state index >= 15 is 0 Å². The summed E-state index contributed by atoms with van der Waals surface area (Å²) >= 11 is 1.73. The van der Waals surface area contributed by atoms with Gasteiger partial charge in [-0.05, 0) is 68.2 Å². The highest BCUT2D eigenvalue weighted by Gasteiger charge is 2.24. The Morgan fingerprint density at radius 3 is 2.60 bits per heavy atom. The molecule has 1 aliphatic carbocycles. The van der Waals surface area contributed by atoms with Crippen molar-refractivity contribution in [3.05, 3.63) is 46.1 Å². The zero-order chi connectivity index (χ0) is 17.7. The van der Waals surface area contributed by atoms with Crippen molar-refractivity contribution in [1.82, 2.24) is 14.1 Å². The number of aryl methyl sites for hydroxylation is 3. The molecule has 3 aromatic rings. The third-order valence-corrected chi connectivity index (χ3v) is 5.81. The second kappa shape index (κ2) is 6.06. The normalized spacial score (nSPS) is 14.4. The van der Waals surface area contributed by atoms with Crippen LogP contribution in [0.2, 0.25) is 0 Å². The Hall–Kier alpha value is -2.01. The highest BCUT2D eigenvalue weighted by Crippen LogP contribution is 2.36. The number of benzene rings is 1. The summed E-state index contributed by atoms with van der Waals surface area (Å²) in [6, 6.07) is 6.42. The van der Waals surface area contributed by atoms with Gasteiger partial charge in [-0.3, -0.25) is 4.79 Å². The van der Waals surface area contributed by atoms with E-state index in [1.165, 1.54) is 23.3 Å². The molecule has 0 spiro atoms. The van der Waals surface area contributed by atoms with Crippen LogP contribution in [-0.2, 0) is 13.6 Å². The number of aromatic nitrogens is 3. The van der Waals surface area contributed by atoms with Crippen molar-refractivity contribution in [2.45, 2.75) is 38.1 Å². The van der Waals surface area contributed by atoms with Crippen molar-refractivity contribution < 1.29 is 0 Å². The Bertz CT molecular complexity index is 1000. The maximum atomic E-state index is 12.0. The Kier molecular flexibility index (Phi) is 3.99. The van der Waals surface area contributed by atoms with Crippen LogP contribution in [0.25, 0.3) is 22.2 Å². The maximum absolute atomic E-state index is 12.0. The van der Waals surface area contributed by atoms with Crippen molar-refractivity contribution >= 4 is 22.8 Å². The zero-order valence-electron chi connectivity index (χ0n) is 15.2. The molecular formula is C20H23N3OS. The van der Waals surface area contributed by atoms with Gasteiger partial charge in [-0.2, -0.15) is 0 Å². The minimum Gasteiger partial charge on any atom is -0.328 e. The second-order valence-electron chi connectivity index (χ2n) is 7.09. The average Bonchev–Trinajstić information content (AvgIpc) is 3.35. The summed E-state index contributed by atoms with van der Waals surface area (Å²) in [5.74, 6) is 1.89. The summed E-state index contributed by atoms with van der Waals surface area (Å²) in [5, 5.41) is 0. The molecule has 1 fully saturated rings. The van der Waals surface area contributed by atoms with Gasteiger partial charge in [-0.15, -0.1) is 11.8 Å². The average molecular weight is 353 g/mol. The molecule has 0 amide bonds. The first-order chi connectivity index (χ1) is 12.0. The van der Waals surface area contributed by atoms with Crippen LogP contribution in [-0.4, -0.2) is 20.4 Å². The molecule has 1 saturated carbocycles. The number of hydrogen-bond acceptors (Lipinski definition) is 3. The summed E-state index contributed by atoms with van der Waals surface area (Å²) in [6.45, 7) is 5.04. The first kappa shape index (κ1) is 16.5. The molecule has 0 bridgehead atoms. The van der Waals surface area contributed by atoms with E-state index in [0.29, 0.717) is 0 Å². The molecule has 2 heterocycles. The van der Waals surface area contributed by atoms with Gasteiger partial charge >= 0.3 is 0 Å². The van der Waals surface area contributed by atoms with E-state index in [0.717, 1.165) is 40.5 Å². The molecule has 130 valence electrons. The highest BCUT2D eigenvalue weighted by molar-refractivity contribution is 7.98. The van der Waals surface area contributed by atoms with Crippen LogP contribution >= 0.6 is 11.8 Å². The van der Waals surface area contributed by atoms with Crippen LogP contribution in [0.5, 0.6) is 0 Å². The molecule has 4 rings (SSSR count). The molecular weight excluding hydrogens is 330 g/mol. The van der Waals surface area contributed by atoms with Gasteiger partial charge in [0.2, 0.25) is 0 Å². The molecule has 0 saturated heterocycles. The van der Waals surface area contributed by atoms with Gasteiger partial charge in [0, 0.05) is 30.2 Å². The largest absolute Gasteiger partial charge is 0.328 e. The minimum absolute atomic E-state index is 0.0598. The molecule has 5 heteroatoms. The molecule has 0 aliphatic heterocycles. The summed E-state index contributed by atoms with van der Waals surface area (Å²) in [6.07, 6.45) is 6.68. The van der Waals surface area contributed by atoms with Crippen molar-refractivity contribution in [1.29, 1.82) is 0 Å². The maximum Gasteiger partial charge on any atom is 0.253 e. The van der Waals surface area contributed by atoms with Gasteiger partial charge in [-0.1, -0.05) is 0 Å². The molecule has 1 aliphatic rings. The number of imidazole rings is 1. The smallest absolute Gasteiger partial charge is 0.253 e. The van der Waals surface area contributed by atoms with E-state index < -0.39 is 0 Å². The molecule has 0 radical (unpaired) electrons. The van der Waals surface area contributed by atoms with E-state index in [1.54, 1.807) is 16.3 Å². The van der Waals surface area contributed by atoms with E-state index in [-0.39, 0.29) is 5.56 Å². The van der Waals surface area contributed by atoms with Crippen LogP contribution < -0.4 is 5.56 Å². The fraction of sp³-hybridized carbons (Fsp3) is 0.400. The zero-order valence-corrected chi connectivity index (χ0v) is 16.0. The lowest BCUT2D eigenvalue weighted by atomic mass is 10.1. The number of hydrogen-bond donors (Lipinski definition) is 0. The van der Waals surface area contributed by atoms with Crippen LogP contribution in [0.1, 0.15) is 24.2 Å². The molecule has 0 unspecified atom stereocenters. The molecule has 25 heavy (non-hydrogen) atoms. The van der Waals surface area contributed by atoms with Crippen molar-refractivity contribution in [3.63, 3.8) is 0 Å². The molecule has 2 aromatic heterocycles. The Labute approximate surface area is 151 Å². The predicted octanol–water partition coefficient (Wildman–Crippen LogP) is 4.15. The second-order valence-corrected chi connectivity index (χ2v) is 7.94. The Balaban J connectivity index is 1.94. The number of fused-ring (bicyclic) bond motifs is 1. The lowest BCUT2D eigenvalue weighted by molar-refractivity contribution is 0.626. The molecule has 1 aromatic carbocycles. The summed E-state index contributed by atoms with van der Waals surface area (Å²) in [5.41, 5.74) is 5.35. The van der Waals surface area contributed by atoms with Crippen molar-refractivity contribution in [3.8, 4) is 11.1 Å². The standard InChI is InChI=1S/C20H23N3OS/c1-12-7-16(11-22(3)20(12)24)15-8-17-19(18(9-15)25-4)21-13(2)23(17)10-14-5-6-14/h7-9,11,14H,5-6,10H2,1-4H3. The topological polar surface area (TPSA) is 39.8 Å². The van der Waals surface area contributed by atoms with Crippen LogP contribution in [0.4, 0.5) is 0 Å². The number of pyridine rings is 1. The van der Waals surface area contributed by atoms with Gasteiger partial charge < -0.3 is 9.13 Å². The monoisotopic (exact) mass is 353 g/mol. The van der Waals surface area contributed by atoms with E-state index in [1.807, 2.05) is 26.2 Å². The summed E-state index contributed by atoms with van der Waals surface area (Å²) in [7, 11) is 1.81. The van der Waals surface area contributed by atoms with Crippen LogP contribution in [0.3, 0.4) is 0 Å². The minimum atomic E-state index is 0.0598. The third-order valence-electron chi connectivity index (χ3n) is 5.06. The van der Waals surface area contributed by atoms with Gasteiger partial charge in [0.25, 0.3) is 5.56 Å². The number of nitrogens with zero attached hydrogens (tertiary/aromatic N) is 3. The van der Waals surface area contributed by atoms with Crippen molar-refractivity contribution in [2.24, 2.45) is 13.0 Å². The number of rotatable bonds is 4. The first-order valence-electron chi connectivity index (χ1n) is 8.70. The molecule has 0 atom stereocenters. The quantitative estimate of drug-likeness (QED) is 0.662. The molecule has 0 N–H and O–H groups in total. The van der Waals surface area contributed by atoms with Gasteiger partial charge in [-0.25, -0.2) is 4.98 Å². The first-order valence-corrected chi connectivity index (χ1v) is 9.93.